The van der Waals surface area contributed by atoms with Gasteiger partial charge < -0.3 is 24.8 Å². The fraction of sp³-hybridized carbons (Fsp3) is 0.684. The minimum absolute atomic E-state index is 0.125. The standard InChI is InChI=1S/C19H28N6O3/c26-17(23-4-6-25(7-5-23)19-21-2-1-3-22-19)15-12-16(14-20-13-15)18(27)24-8-10-28-11-9-24/h1-3,15-16,20H,4-14H2/t15-,16+/m1/s1. The van der Waals surface area contributed by atoms with Crippen LogP contribution in [0.4, 0.5) is 5.95 Å². The Kier molecular flexibility index (Phi) is 6.01. The van der Waals surface area contributed by atoms with Crippen molar-refractivity contribution < 1.29 is 14.3 Å². The van der Waals surface area contributed by atoms with Crippen molar-refractivity contribution in [1.82, 2.24) is 25.1 Å². The van der Waals surface area contributed by atoms with E-state index in [-0.39, 0.29) is 23.7 Å². The van der Waals surface area contributed by atoms with Gasteiger partial charge in [-0.3, -0.25) is 9.59 Å². The number of anilines is 1. The van der Waals surface area contributed by atoms with Crippen molar-refractivity contribution in [3.63, 3.8) is 0 Å². The maximum atomic E-state index is 13.0. The van der Waals surface area contributed by atoms with E-state index in [1.165, 1.54) is 0 Å². The smallest absolute Gasteiger partial charge is 0.227 e. The number of hydrogen-bond acceptors (Lipinski definition) is 7. The zero-order valence-corrected chi connectivity index (χ0v) is 16.1. The Labute approximate surface area is 165 Å². The van der Waals surface area contributed by atoms with E-state index in [0.717, 1.165) is 13.1 Å². The predicted molar refractivity (Wildman–Crippen MR) is 103 cm³/mol. The van der Waals surface area contributed by atoms with Crippen molar-refractivity contribution in [3.8, 4) is 0 Å². The highest BCUT2D eigenvalue weighted by molar-refractivity contribution is 5.83. The van der Waals surface area contributed by atoms with Crippen LogP contribution in [0.5, 0.6) is 0 Å². The summed E-state index contributed by atoms with van der Waals surface area (Å²) in [6.45, 7) is 6.58. The largest absolute Gasteiger partial charge is 0.378 e. The van der Waals surface area contributed by atoms with Gasteiger partial charge >= 0.3 is 0 Å². The molecule has 2 atom stereocenters. The Hall–Kier alpha value is -2.26. The second kappa shape index (κ2) is 8.83. The number of amides is 2. The number of nitrogens with one attached hydrogen (secondary N) is 1. The topological polar surface area (TPSA) is 90.9 Å². The zero-order valence-electron chi connectivity index (χ0n) is 16.1. The monoisotopic (exact) mass is 388 g/mol. The highest BCUT2D eigenvalue weighted by Gasteiger charge is 2.36. The molecule has 9 heteroatoms. The molecule has 2 amide bonds. The van der Waals surface area contributed by atoms with Crippen LogP contribution in [-0.4, -0.2) is 97.2 Å². The van der Waals surface area contributed by atoms with E-state index in [9.17, 15) is 9.59 Å². The van der Waals surface area contributed by atoms with Crippen LogP contribution in [0.3, 0.4) is 0 Å². The molecule has 4 heterocycles. The van der Waals surface area contributed by atoms with Gasteiger partial charge in [-0.25, -0.2) is 9.97 Å². The van der Waals surface area contributed by atoms with Gasteiger partial charge in [0.25, 0.3) is 0 Å². The number of morpholine rings is 1. The fourth-order valence-electron chi connectivity index (χ4n) is 4.20. The number of hydrogen-bond donors (Lipinski definition) is 1. The van der Waals surface area contributed by atoms with E-state index >= 15 is 0 Å². The van der Waals surface area contributed by atoms with Gasteiger partial charge in [0.15, 0.2) is 0 Å². The summed E-state index contributed by atoms with van der Waals surface area (Å²) in [6, 6.07) is 1.80. The second-order valence-electron chi connectivity index (χ2n) is 7.59. The van der Waals surface area contributed by atoms with Gasteiger partial charge in [0.2, 0.25) is 17.8 Å². The van der Waals surface area contributed by atoms with E-state index < -0.39 is 0 Å². The third-order valence-corrected chi connectivity index (χ3v) is 5.80. The SMILES string of the molecule is O=C([C@@H]1CNC[C@H](C(=O)N2CCN(c3ncccn3)CC2)C1)N1CCOCC1. The van der Waals surface area contributed by atoms with E-state index in [2.05, 4.69) is 20.2 Å². The van der Waals surface area contributed by atoms with Crippen molar-refractivity contribution in [3.05, 3.63) is 18.5 Å². The minimum Gasteiger partial charge on any atom is -0.378 e. The number of piperazine rings is 1. The third kappa shape index (κ3) is 4.25. The Morgan fingerprint density at radius 3 is 2.07 bits per heavy atom. The fourth-order valence-corrected chi connectivity index (χ4v) is 4.20. The average molecular weight is 388 g/mol. The third-order valence-electron chi connectivity index (χ3n) is 5.80. The molecule has 0 aliphatic carbocycles. The number of carbonyl (C=O) groups is 2. The van der Waals surface area contributed by atoms with Gasteiger partial charge in [-0.05, 0) is 12.5 Å². The summed E-state index contributed by atoms with van der Waals surface area (Å²) in [5.41, 5.74) is 0. The molecule has 0 spiro atoms. The number of piperidine rings is 1. The lowest BCUT2D eigenvalue weighted by atomic mass is 9.88. The van der Waals surface area contributed by atoms with Gasteiger partial charge in [0.1, 0.15) is 0 Å². The highest BCUT2D eigenvalue weighted by Crippen LogP contribution is 2.22. The molecule has 3 aliphatic rings. The molecule has 1 N–H and O–H groups in total. The number of nitrogens with zero attached hydrogens (tertiary/aromatic N) is 5. The van der Waals surface area contributed by atoms with Crippen molar-refractivity contribution >= 4 is 17.8 Å². The Balaban J connectivity index is 1.30. The number of carbonyl (C=O) groups excluding carboxylic acids is 2. The van der Waals surface area contributed by atoms with Crippen molar-refractivity contribution in [2.75, 3.05) is 70.5 Å². The summed E-state index contributed by atoms with van der Waals surface area (Å²) < 4.78 is 5.33. The number of aromatic nitrogens is 2. The average Bonchev–Trinajstić information content (AvgIpc) is 2.79. The van der Waals surface area contributed by atoms with Crippen LogP contribution in [0.2, 0.25) is 0 Å². The maximum Gasteiger partial charge on any atom is 0.227 e. The first-order valence-corrected chi connectivity index (χ1v) is 10.1. The lowest BCUT2D eigenvalue weighted by Crippen LogP contribution is -2.55. The molecule has 1 aromatic heterocycles. The molecule has 4 rings (SSSR count). The van der Waals surface area contributed by atoms with Crippen LogP contribution < -0.4 is 10.2 Å². The molecular formula is C19H28N6O3. The Morgan fingerprint density at radius 2 is 1.46 bits per heavy atom. The summed E-state index contributed by atoms with van der Waals surface area (Å²) in [7, 11) is 0. The first-order chi connectivity index (χ1) is 13.7. The molecule has 0 aromatic carbocycles. The second-order valence-corrected chi connectivity index (χ2v) is 7.59. The van der Waals surface area contributed by atoms with Crippen LogP contribution >= 0.6 is 0 Å². The van der Waals surface area contributed by atoms with Crippen LogP contribution in [0, 0.1) is 11.8 Å². The molecule has 3 fully saturated rings. The summed E-state index contributed by atoms with van der Waals surface area (Å²) in [5.74, 6) is 0.758. The van der Waals surface area contributed by atoms with Gasteiger partial charge in [-0.2, -0.15) is 0 Å². The predicted octanol–water partition coefficient (Wildman–Crippen LogP) is -0.790. The molecule has 28 heavy (non-hydrogen) atoms. The molecule has 9 nitrogen and oxygen atoms in total. The van der Waals surface area contributed by atoms with Crippen LogP contribution in [-0.2, 0) is 14.3 Å². The molecule has 0 unspecified atom stereocenters. The highest BCUT2D eigenvalue weighted by atomic mass is 16.5. The number of rotatable bonds is 3. The van der Waals surface area contributed by atoms with Crippen molar-refractivity contribution in [2.24, 2.45) is 11.8 Å². The Morgan fingerprint density at radius 1 is 0.893 bits per heavy atom. The van der Waals surface area contributed by atoms with Crippen LogP contribution in [0.25, 0.3) is 0 Å². The van der Waals surface area contributed by atoms with Gasteiger partial charge in [-0.1, -0.05) is 0 Å². The van der Waals surface area contributed by atoms with Crippen LogP contribution in [0.1, 0.15) is 6.42 Å². The van der Waals surface area contributed by atoms with Gasteiger partial charge in [0, 0.05) is 64.8 Å². The van der Waals surface area contributed by atoms with Crippen LogP contribution in [0.15, 0.2) is 18.5 Å². The molecule has 3 aliphatic heterocycles. The van der Waals surface area contributed by atoms with E-state index in [4.69, 9.17) is 4.74 Å². The van der Waals surface area contributed by atoms with E-state index in [0.29, 0.717) is 64.9 Å². The van der Waals surface area contributed by atoms with Gasteiger partial charge in [-0.15, -0.1) is 0 Å². The molecule has 1 aromatic rings. The summed E-state index contributed by atoms with van der Waals surface area (Å²) in [5, 5.41) is 3.30. The first-order valence-electron chi connectivity index (χ1n) is 10.1. The number of ether oxygens (including phenoxy) is 1. The molecule has 3 saturated heterocycles. The molecule has 0 radical (unpaired) electrons. The lowest BCUT2D eigenvalue weighted by molar-refractivity contribution is -0.143. The van der Waals surface area contributed by atoms with E-state index in [1.54, 1.807) is 18.5 Å². The maximum absolute atomic E-state index is 13.0. The summed E-state index contributed by atoms with van der Waals surface area (Å²) in [4.78, 5) is 40.3. The van der Waals surface area contributed by atoms with E-state index in [1.807, 2.05) is 9.80 Å². The summed E-state index contributed by atoms with van der Waals surface area (Å²) >= 11 is 0. The van der Waals surface area contributed by atoms with Crippen molar-refractivity contribution in [1.29, 1.82) is 0 Å². The van der Waals surface area contributed by atoms with Crippen molar-refractivity contribution in [2.45, 2.75) is 6.42 Å². The minimum atomic E-state index is -0.136. The summed E-state index contributed by atoms with van der Waals surface area (Å²) in [6.07, 6.45) is 4.10. The quantitative estimate of drug-likeness (QED) is 0.726. The molecule has 152 valence electrons. The normalized spacial score (nSPS) is 26.2. The molecule has 0 bridgehead atoms. The molecule has 0 saturated carbocycles. The zero-order chi connectivity index (χ0) is 19.3. The lowest BCUT2D eigenvalue weighted by Gasteiger charge is -2.39. The first kappa shape index (κ1) is 19.1. The van der Waals surface area contributed by atoms with Gasteiger partial charge in [0.05, 0.1) is 25.0 Å². The molecular weight excluding hydrogens is 360 g/mol. The Bertz CT molecular complexity index is 674.